The molecule has 0 spiro atoms. The highest BCUT2D eigenvalue weighted by Crippen LogP contribution is 2.40. The van der Waals surface area contributed by atoms with E-state index in [0.29, 0.717) is 5.15 Å². The number of halogens is 1. The van der Waals surface area contributed by atoms with Crippen LogP contribution < -0.4 is 0 Å². The Labute approximate surface area is 114 Å². The summed E-state index contributed by atoms with van der Waals surface area (Å²) in [6, 6.07) is 5.09. The Bertz CT molecular complexity index is 753. The third-order valence-electron chi connectivity index (χ3n) is 2.28. The lowest BCUT2D eigenvalue weighted by molar-refractivity contribution is -0.380. The van der Waals surface area contributed by atoms with Crippen molar-refractivity contribution in [3.05, 3.63) is 39.8 Å². The normalized spacial score (nSPS) is 10.9. The molecule has 0 radical (unpaired) electrons. The number of fused-ring (bicyclic) bond motifs is 1. The summed E-state index contributed by atoms with van der Waals surface area (Å²) in [5, 5.41) is 11.2. The van der Waals surface area contributed by atoms with Crippen LogP contribution in [0.25, 0.3) is 20.0 Å². The second-order valence-electron chi connectivity index (χ2n) is 3.38. The SMILES string of the molecule is O=[N+]([O-])c1ccc(-c2cc3ncnc(Cl)c3s2)s1. The van der Waals surface area contributed by atoms with Gasteiger partial charge in [0.1, 0.15) is 11.5 Å². The third-order valence-corrected chi connectivity index (χ3v) is 5.04. The molecule has 0 fully saturated rings. The van der Waals surface area contributed by atoms with E-state index in [1.165, 1.54) is 23.7 Å². The number of nitro groups is 1. The van der Waals surface area contributed by atoms with Gasteiger partial charge in [-0.1, -0.05) is 22.9 Å². The molecule has 0 saturated carbocycles. The Morgan fingerprint density at radius 3 is 2.72 bits per heavy atom. The molecule has 0 bridgehead atoms. The van der Waals surface area contributed by atoms with Crippen molar-refractivity contribution in [3.8, 4) is 9.75 Å². The van der Waals surface area contributed by atoms with Gasteiger partial charge in [-0.15, -0.1) is 11.3 Å². The van der Waals surface area contributed by atoms with Crippen LogP contribution in [0.15, 0.2) is 24.5 Å². The van der Waals surface area contributed by atoms with Crippen LogP contribution in [0.2, 0.25) is 5.15 Å². The fraction of sp³-hybridized carbons (Fsp3) is 0. The molecule has 0 aliphatic rings. The maximum atomic E-state index is 10.6. The van der Waals surface area contributed by atoms with Gasteiger partial charge >= 0.3 is 5.00 Å². The molecule has 0 N–H and O–H groups in total. The van der Waals surface area contributed by atoms with Crippen molar-refractivity contribution in [3.63, 3.8) is 0 Å². The number of hydrogen-bond donors (Lipinski definition) is 0. The summed E-state index contributed by atoms with van der Waals surface area (Å²) >= 11 is 8.54. The van der Waals surface area contributed by atoms with Gasteiger partial charge in [0.15, 0.2) is 0 Å². The van der Waals surface area contributed by atoms with Crippen molar-refractivity contribution in [1.82, 2.24) is 9.97 Å². The minimum Gasteiger partial charge on any atom is -0.258 e. The zero-order chi connectivity index (χ0) is 12.7. The van der Waals surface area contributed by atoms with Crippen molar-refractivity contribution in [2.75, 3.05) is 0 Å². The predicted molar refractivity (Wildman–Crippen MR) is 72.4 cm³/mol. The lowest BCUT2D eigenvalue weighted by atomic mass is 10.3. The van der Waals surface area contributed by atoms with Gasteiger partial charge in [0.2, 0.25) is 0 Å². The second kappa shape index (κ2) is 4.27. The summed E-state index contributed by atoms with van der Waals surface area (Å²) in [5.74, 6) is 0. The van der Waals surface area contributed by atoms with E-state index in [2.05, 4.69) is 9.97 Å². The summed E-state index contributed by atoms with van der Waals surface area (Å²) in [4.78, 5) is 20.0. The van der Waals surface area contributed by atoms with E-state index in [9.17, 15) is 10.1 Å². The first-order valence-corrected chi connectivity index (χ1v) is 6.81. The minimum absolute atomic E-state index is 0.125. The average molecular weight is 298 g/mol. The molecule has 0 aliphatic carbocycles. The molecule has 3 aromatic heterocycles. The number of aromatic nitrogens is 2. The Balaban J connectivity index is 2.13. The molecule has 0 unspecified atom stereocenters. The van der Waals surface area contributed by atoms with E-state index in [0.717, 1.165) is 31.3 Å². The maximum absolute atomic E-state index is 10.6. The van der Waals surface area contributed by atoms with Crippen LogP contribution in [0.5, 0.6) is 0 Å². The quantitative estimate of drug-likeness (QED) is 0.407. The zero-order valence-corrected chi connectivity index (χ0v) is 11.1. The third kappa shape index (κ3) is 1.86. The first-order valence-electron chi connectivity index (χ1n) is 4.80. The summed E-state index contributed by atoms with van der Waals surface area (Å²) in [5.41, 5.74) is 0.756. The van der Waals surface area contributed by atoms with Crippen LogP contribution in [0, 0.1) is 10.1 Å². The van der Waals surface area contributed by atoms with Gasteiger partial charge in [-0.2, -0.15) is 0 Å². The molecule has 0 amide bonds. The monoisotopic (exact) mass is 297 g/mol. The largest absolute Gasteiger partial charge is 0.324 e. The molecule has 0 aromatic carbocycles. The Morgan fingerprint density at radius 1 is 1.22 bits per heavy atom. The molecule has 18 heavy (non-hydrogen) atoms. The molecular weight excluding hydrogens is 294 g/mol. The van der Waals surface area contributed by atoms with Crippen LogP contribution in [-0.2, 0) is 0 Å². The van der Waals surface area contributed by atoms with Gasteiger partial charge < -0.3 is 0 Å². The summed E-state index contributed by atoms with van der Waals surface area (Å²) in [7, 11) is 0. The van der Waals surface area contributed by atoms with Crippen molar-refractivity contribution >= 4 is 49.5 Å². The molecule has 0 aliphatic heterocycles. The van der Waals surface area contributed by atoms with Gasteiger partial charge in [0.25, 0.3) is 0 Å². The standard InChI is InChI=1S/C10H4ClN3O2S2/c11-10-9-5(12-4-13-10)3-7(18-9)6-1-2-8(17-6)14(15)16/h1-4H. The fourth-order valence-corrected chi connectivity index (χ4v) is 3.66. The molecule has 0 atom stereocenters. The van der Waals surface area contributed by atoms with Crippen molar-refractivity contribution in [2.24, 2.45) is 0 Å². The molecule has 3 rings (SSSR count). The van der Waals surface area contributed by atoms with Gasteiger partial charge in [0.05, 0.1) is 20.0 Å². The topological polar surface area (TPSA) is 68.9 Å². The average Bonchev–Trinajstić information content (AvgIpc) is 2.95. The van der Waals surface area contributed by atoms with E-state index in [4.69, 9.17) is 11.6 Å². The molecule has 0 saturated heterocycles. The first kappa shape index (κ1) is 11.5. The smallest absolute Gasteiger partial charge is 0.258 e. The van der Waals surface area contributed by atoms with E-state index < -0.39 is 4.92 Å². The Hall–Kier alpha value is -1.57. The highest BCUT2D eigenvalue weighted by atomic mass is 35.5. The van der Waals surface area contributed by atoms with Gasteiger partial charge in [0, 0.05) is 10.9 Å². The van der Waals surface area contributed by atoms with Crippen LogP contribution in [0.1, 0.15) is 0 Å². The number of rotatable bonds is 2. The van der Waals surface area contributed by atoms with Crippen molar-refractivity contribution < 1.29 is 4.92 Å². The van der Waals surface area contributed by atoms with Gasteiger partial charge in [-0.25, -0.2) is 9.97 Å². The number of thiophene rings is 2. The molecule has 3 aromatic rings. The zero-order valence-electron chi connectivity index (χ0n) is 8.66. The van der Waals surface area contributed by atoms with E-state index >= 15 is 0 Å². The minimum atomic E-state index is -0.395. The highest BCUT2D eigenvalue weighted by molar-refractivity contribution is 7.27. The van der Waals surface area contributed by atoms with Gasteiger partial charge in [-0.3, -0.25) is 10.1 Å². The maximum Gasteiger partial charge on any atom is 0.324 e. The van der Waals surface area contributed by atoms with Crippen LogP contribution >= 0.6 is 34.3 Å². The van der Waals surface area contributed by atoms with E-state index in [-0.39, 0.29) is 5.00 Å². The van der Waals surface area contributed by atoms with Crippen LogP contribution in [-0.4, -0.2) is 14.9 Å². The summed E-state index contributed by atoms with van der Waals surface area (Å²) in [6.45, 7) is 0. The second-order valence-corrected chi connectivity index (χ2v) is 5.86. The number of hydrogen-bond acceptors (Lipinski definition) is 6. The fourth-order valence-electron chi connectivity index (χ4n) is 1.51. The van der Waals surface area contributed by atoms with Crippen LogP contribution in [0.3, 0.4) is 0 Å². The van der Waals surface area contributed by atoms with Crippen molar-refractivity contribution in [2.45, 2.75) is 0 Å². The summed E-state index contributed by atoms with van der Waals surface area (Å²) < 4.78 is 0.796. The summed E-state index contributed by atoms with van der Waals surface area (Å²) in [6.07, 6.45) is 1.40. The number of nitrogens with zero attached hydrogens (tertiary/aromatic N) is 3. The lowest BCUT2D eigenvalue weighted by Crippen LogP contribution is -1.80. The molecular formula is C10H4ClN3O2S2. The lowest BCUT2D eigenvalue weighted by Gasteiger charge is -1.88. The Morgan fingerprint density at radius 2 is 2.06 bits per heavy atom. The highest BCUT2D eigenvalue weighted by Gasteiger charge is 2.14. The van der Waals surface area contributed by atoms with E-state index in [1.54, 1.807) is 6.07 Å². The molecule has 90 valence electrons. The molecule has 3 heterocycles. The molecule has 8 heteroatoms. The van der Waals surface area contributed by atoms with Crippen molar-refractivity contribution in [1.29, 1.82) is 0 Å². The Kier molecular flexibility index (Phi) is 2.73. The first-order chi connectivity index (χ1) is 8.65. The molecule has 5 nitrogen and oxygen atoms in total. The van der Waals surface area contributed by atoms with Gasteiger partial charge in [-0.05, 0) is 12.1 Å². The van der Waals surface area contributed by atoms with E-state index in [1.807, 2.05) is 6.07 Å². The predicted octanol–water partition coefficient (Wildman–Crippen LogP) is 3.98. The van der Waals surface area contributed by atoms with Crippen LogP contribution in [0.4, 0.5) is 5.00 Å².